The first-order chi connectivity index (χ1) is 9.16. The number of aromatic nitrogens is 3. The zero-order valence-corrected chi connectivity index (χ0v) is 10.2. The molecule has 0 saturated carbocycles. The van der Waals surface area contributed by atoms with Crippen LogP contribution in [0, 0.1) is 0 Å². The van der Waals surface area contributed by atoms with E-state index in [0.717, 1.165) is 12.1 Å². The van der Waals surface area contributed by atoms with Crippen molar-refractivity contribution in [1.29, 1.82) is 0 Å². The quantitative estimate of drug-likeness (QED) is 0.773. The second-order valence-corrected chi connectivity index (χ2v) is 4.40. The van der Waals surface area contributed by atoms with Crippen molar-refractivity contribution in [2.45, 2.75) is 12.5 Å². The Kier molecular flexibility index (Phi) is 2.64. The number of hydrogen-bond acceptors (Lipinski definition) is 5. The molecular formula is C13H13N5O. The van der Waals surface area contributed by atoms with Crippen LogP contribution < -0.4 is 16.9 Å². The van der Waals surface area contributed by atoms with Crippen molar-refractivity contribution in [3.8, 4) is 0 Å². The van der Waals surface area contributed by atoms with E-state index < -0.39 is 0 Å². The lowest BCUT2D eigenvalue weighted by molar-refractivity contribution is 0.821. The summed E-state index contributed by atoms with van der Waals surface area (Å²) in [7, 11) is 0. The highest BCUT2D eigenvalue weighted by Crippen LogP contribution is 2.19. The number of nitrogens with zero attached hydrogens (tertiary/aromatic N) is 3. The minimum atomic E-state index is -0.179. The number of nitrogen functional groups attached to an aromatic ring is 1. The minimum absolute atomic E-state index is 0.0362. The Hall–Kier alpha value is -2.47. The molecule has 1 aliphatic rings. The molecule has 0 bridgehead atoms. The molecule has 0 saturated heterocycles. The van der Waals surface area contributed by atoms with Crippen LogP contribution in [0.1, 0.15) is 6.42 Å². The van der Waals surface area contributed by atoms with Gasteiger partial charge in [0.1, 0.15) is 17.5 Å². The van der Waals surface area contributed by atoms with Gasteiger partial charge < -0.3 is 16.0 Å². The predicted octanol–water partition coefficient (Wildman–Crippen LogP) is 0.502. The average Bonchev–Trinajstić information content (AvgIpc) is 2.41. The van der Waals surface area contributed by atoms with E-state index in [-0.39, 0.29) is 17.3 Å². The first kappa shape index (κ1) is 11.6. The summed E-state index contributed by atoms with van der Waals surface area (Å²) in [4.78, 5) is 19.9. The molecule has 96 valence electrons. The summed E-state index contributed by atoms with van der Waals surface area (Å²) in [6.07, 6.45) is 9.63. The molecule has 6 heteroatoms. The van der Waals surface area contributed by atoms with Crippen LogP contribution in [0.4, 0.5) is 5.82 Å². The molecule has 3 rings (SSSR count). The summed E-state index contributed by atoms with van der Waals surface area (Å²) in [5, 5.41) is 0.342. The SMILES string of the molecule is Nc1ncnc2c1c(=O)ccn2C1=CCC(N)C=C1. The first-order valence-corrected chi connectivity index (χ1v) is 5.93. The predicted molar refractivity (Wildman–Crippen MR) is 74.2 cm³/mol. The summed E-state index contributed by atoms with van der Waals surface area (Å²) >= 11 is 0. The van der Waals surface area contributed by atoms with E-state index in [1.165, 1.54) is 12.4 Å². The number of fused-ring (bicyclic) bond motifs is 1. The molecule has 6 nitrogen and oxygen atoms in total. The van der Waals surface area contributed by atoms with Gasteiger partial charge in [-0.3, -0.25) is 4.79 Å². The molecule has 0 aromatic carbocycles. The highest BCUT2D eigenvalue weighted by molar-refractivity contribution is 5.87. The molecule has 2 aromatic heterocycles. The van der Waals surface area contributed by atoms with E-state index in [0.29, 0.717) is 11.0 Å². The topological polar surface area (TPSA) is 99.8 Å². The molecule has 19 heavy (non-hydrogen) atoms. The lowest BCUT2D eigenvalue weighted by Gasteiger charge is -2.16. The zero-order chi connectivity index (χ0) is 13.4. The largest absolute Gasteiger partial charge is 0.383 e. The van der Waals surface area contributed by atoms with Gasteiger partial charge in [0.25, 0.3) is 0 Å². The van der Waals surface area contributed by atoms with E-state index in [1.54, 1.807) is 6.20 Å². The van der Waals surface area contributed by atoms with Gasteiger partial charge in [-0.1, -0.05) is 12.2 Å². The maximum atomic E-state index is 11.9. The Bertz CT molecular complexity index is 759. The van der Waals surface area contributed by atoms with Crippen molar-refractivity contribution < 1.29 is 0 Å². The number of anilines is 1. The molecule has 1 atom stereocenters. The maximum absolute atomic E-state index is 11.9. The summed E-state index contributed by atoms with van der Waals surface area (Å²) in [6.45, 7) is 0. The Balaban J connectivity index is 2.27. The van der Waals surface area contributed by atoms with Gasteiger partial charge in [-0.05, 0) is 12.5 Å². The summed E-state index contributed by atoms with van der Waals surface area (Å²) in [6, 6.07) is 1.50. The molecule has 0 spiro atoms. The minimum Gasteiger partial charge on any atom is -0.383 e. The fourth-order valence-electron chi connectivity index (χ4n) is 2.12. The molecule has 0 amide bonds. The van der Waals surface area contributed by atoms with E-state index in [9.17, 15) is 4.79 Å². The van der Waals surface area contributed by atoms with Crippen molar-refractivity contribution in [3.05, 3.63) is 47.0 Å². The van der Waals surface area contributed by atoms with Crippen molar-refractivity contribution in [3.63, 3.8) is 0 Å². The van der Waals surface area contributed by atoms with Crippen LogP contribution in [0.15, 0.2) is 41.6 Å². The van der Waals surface area contributed by atoms with Crippen LogP contribution in [0.3, 0.4) is 0 Å². The summed E-state index contributed by atoms with van der Waals surface area (Å²) in [5.74, 6) is 0.196. The standard InChI is InChI=1S/C13H13N5O/c14-8-1-3-9(4-2-8)18-6-5-10(19)11-12(15)16-7-17-13(11)18/h1,3-8H,2,14H2,(H2,15,16,17). The normalized spacial score (nSPS) is 18.6. The maximum Gasteiger partial charge on any atom is 0.194 e. The van der Waals surface area contributed by atoms with Gasteiger partial charge in [-0.15, -0.1) is 0 Å². The van der Waals surface area contributed by atoms with Gasteiger partial charge in [0.15, 0.2) is 11.1 Å². The first-order valence-electron chi connectivity index (χ1n) is 5.93. The van der Waals surface area contributed by atoms with Crippen molar-refractivity contribution in [2.75, 3.05) is 5.73 Å². The highest BCUT2D eigenvalue weighted by Gasteiger charge is 2.11. The molecule has 2 heterocycles. The van der Waals surface area contributed by atoms with Crippen molar-refractivity contribution in [1.82, 2.24) is 14.5 Å². The molecule has 4 N–H and O–H groups in total. The third kappa shape index (κ3) is 1.92. The second kappa shape index (κ2) is 4.33. The number of nitrogens with two attached hydrogens (primary N) is 2. The Morgan fingerprint density at radius 1 is 1.37 bits per heavy atom. The number of pyridine rings is 1. The zero-order valence-electron chi connectivity index (χ0n) is 10.2. The molecule has 0 fully saturated rings. The van der Waals surface area contributed by atoms with Crippen LogP contribution >= 0.6 is 0 Å². The molecule has 1 aliphatic carbocycles. The van der Waals surface area contributed by atoms with E-state index in [2.05, 4.69) is 9.97 Å². The van der Waals surface area contributed by atoms with Gasteiger partial charge in [-0.2, -0.15) is 0 Å². The van der Waals surface area contributed by atoms with Crippen LogP contribution in [-0.4, -0.2) is 20.6 Å². The third-order valence-electron chi connectivity index (χ3n) is 3.10. The van der Waals surface area contributed by atoms with Gasteiger partial charge in [-0.25, -0.2) is 9.97 Å². The van der Waals surface area contributed by atoms with Crippen molar-refractivity contribution in [2.24, 2.45) is 5.73 Å². The molecular weight excluding hydrogens is 242 g/mol. The van der Waals surface area contributed by atoms with Crippen LogP contribution in [-0.2, 0) is 0 Å². The van der Waals surface area contributed by atoms with Crippen LogP contribution in [0.5, 0.6) is 0 Å². The fraction of sp³-hybridized carbons (Fsp3) is 0.154. The van der Waals surface area contributed by atoms with E-state index >= 15 is 0 Å². The van der Waals surface area contributed by atoms with Gasteiger partial charge >= 0.3 is 0 Å². The lowest BCUT2D eigenvalue weighted by atomic mass is 10.1. The summed E-state index contributed by atoms with van der Waals surface area (Å²) in [5.41, 5.74) is 12.8. The lowest BCUT2D eigenvalue weighted by Crippen LogP contribution is -2.19. The highest BCUT2D eigenvalue weighted by atomic mass is 16.1. The van der Waals surface area contributed by atoms with Gasteiger partial charge in [0, 0.05) is 24.0 Å². The van der Waals surface area contributed by atoms with Crippen LogP contribution in [0.2, 0.25) is 0 Å². The smallest absolute Gasteiger partial charge is 0.194 e. The Morgan fingerprint density at radius 2 is 2.21 bits per heavy atom. The van der Waals surface area contributed by atoms with Gasteiger partial charge in [0.2, 0.25) is 0 Å². The fourth-order valence-corrected chi connectivity index (χ4v) is 2.12. The molecule has 1 unspecified atom stereocenters. The van der Waals surface area contributed by atoms with Gasteiger partial charge in [0.05, 0.1) is 0 Å². The molecule has 0 aliphatic heterocycles. The second-order valence-electron chi connectivity index (χ2n) is 4.40. The number of rotatable bonds is 1. The molecule has 0 radical (unpaired) electrons. The third-order valence-corrected chi connectivity index (χ3v) is 3.10. The Morgan fingerprint density at radius 3 is 2.95 bits per heavy atom. The monoisotopic (exact) mass is 255 g/mol. The Labute approximate surface area is 109 Å². The van der Waals surface area contributed by atoms with E-state index in [1.807, 2.05) is 22.8 Å². The molecule has 2 aromatic rings. The van der Waals surface area contributed by atoms with E-state index in [4.69, 9.17) is 11.5 Å². The van der Waals surface area contributed by atoms with Crippen molar-refractivity contribution >= 4 is 22.5 Å². The summed E-state index contributed by atoms with van der Waals surface area (Å²) < 4.78 is 1.82. The number of allylic oxidation sites excluding steroid dienone is 2. The number of hydrogen-bond donors (Lipinski definition) is 2. The average molecular weight is 255 g/mol. The van der Waals surface area contributed by atoms with Crippen LogP contribution in [0.25, 0.3) is 16.7 Å².